The summed E-state index contributed by atoms with van der Waals surface area (Å²) in [7, 11) is 0. The van der Waals surface area contributed by atoms with Crippen LogP contribution in [-0.2, 0) is 11.3 Å². The molecule has 2 aliphatic rings. The summed E-state index contributed by atoms with van der Waals surface area (Å²) in [5.74, 6) is 0. The number of benzene rings is 1. The fourth-order valence-corrected chi connectivity index (χ4v) is 3.56. The molecule has 0 aromatic heterocycles. The first-order valence-electron chi connectivity index (χ1n) is 7.47. The van der Waals surface area contributed by atoms with Crippen LogP contribution in [0.4, 0.5) is 5.69 Å². The van der Waals surface area contributed by atoms with E-state index in [0.29, 0.717) is 18.7 Å². The average Bonchev–Trinajstić information content (AvgIpc) is 2.46. The number of aryl methyl sites for hydroxylation is 1. The first-order chi connectivity index (χ1) is 9.29. The van der Waals surface area contributed by atoms with Gasteiger partial charge in [0, 0.05) is 18.8 Å². The molecule has 2 N–H and O–H groups in total. The van der Waals surface area contributed by atoms with Crippen molar-refractivity contribution >= 4 is 5.69 Å². The third kappa shape index (κ3) is 2.49. The molecule has 1 aromatic rings. The third-order valence-corrected chi connectivity index (χ3v) is 4.54. The Morgan fingerprint density at radius 2 is 2.16 bits per heavy atom. The van der Waals surface area contributed by atoms with Crippen molar-refractivity contribution in [2.75, 3.05) is 18.1 Å². The zero-order valence-electron chi connectivity index (χ0n) is 11.8. The van der Waals surface area contributed by atoms with Crippen LogP contribution in [0.25, 0.3) is 0 Å². The molecule has 1 heterocycles. The van der Waals surface area contributed by atoms with E-state index in [9.17, 15) is 0 Å². The van der Waals surface area contributed by atoms with Crippen LogP contribution in [0, 0.1) is 6.92 Å². The summed E-state index contributed by atoms with van der Waals surface area (Å²) < 4.78 is 5.96. The Hall–Kier alpha value is -1.06. The number of ether oxygens (including phenoxy) is 1. The molecule has 2 fully saturated rings. The highest BCUT2D eigenvalue weighted by atomic mass is 16.5. The topological polar surface area (TPSA) is 38.5 Å². The number of hydrogen-bond acceptors (Lipinski definition) is 3. The number of anilines is 1. The van der Waals surface area contributed by atoms with E-state index in [0.717, 1.165) is 13.2 Å². The molecule has 0 bridgehead atoms. The van der Waals surface area contributed by atoms with Gasteiger partial charge in [-0.2, -0.15) is 0 Å². The molecule has 0 amide bonds. The van der Waals surface area contributed by atoms with Crippen molar-refractivity contribution in [2.24, 2.45) is 5.73 Å². The molecule has 1 aromatic carbocycles. The second kappa shape index (κ2) is 5.51. The molecule has 1 aliphatic carbocycles. The molecule has 0 radical (unpaired) electrons. The van der Waals surface area contributed by atoms with Gasteiger partial charge in [-0.1, -0.05) is 25.0 Å². The maximum absolute atomic E-state index is 5.96. The maximum Gasteiger partial charge on any atom is 0.0779 e. The van der Waals surface area contributed by atoms with Crippen molar-refractivity contribution < 1.29 is 4.74 Å². The lowest BCUT2D eigenvalue weighted by molar-refractivity contribution is -0.00871. The minimum atomic E-state index is 0.441. The quantitative estimate of drug-likeness (QED) is 0.888. The number of rotatable bonds is 2. The zero-order valence-corrected chi connectivity index (χ0v) is 11.8. The van der Waals surface area contributed by atoms with Crippen molar-refractivity contribution in [3.63, 3.8) is 0 Å². The summed E-state index contributed by atoms with van der Waals surface area (Å²) in [6.45, 7) is 4.70. The van der Waals surface area contributed by atoms with Gasteiger partial charge in [0.1, 0.15) is 0 Å². The van der Waals surface area contributed by atoms with E-state index < -0.39 is 0 Å². The standard InChI is InChI=1S/C16H24N2O/c1-12-10-13(11-17)6-7-14(12)18-8-9-19-16-5-3-2-4-15(16)18/h6-7,10,15-16H,2-5,8-9,11,17H2,1H3. The Kier molecular flexibility index (Phi) is 3.76. The van der Waals surface area contributed by atoms with Gasteiger partial charge in [-0.3, -0.25) is 0 Å². The summed E-state index contributed by atoms with van der Waals surface area (Å²) in [6.07, 6.45) is 5.58. The van der Waals surface area contributed by atoms with Crippen LogP contribution in [0.3, 0.4) is 0 Å². The highest BCUT2D eigenvalue weighted by Gasteiger charge is 2.34. The molecule has 1 saturated carbocycles. The minimum absolute atomic E-state index is 0.441. The molecule has 19 heavy (non-hydrogen) atoms. The van der Waals surface area contributed by atoms with E-state index in [1.807, 2.05) is 0 Å². The number of nitrogens with two attached hydrogens (primary N) is 1. The van der Waals surface area contributed by atoms with Gasteiger partial charge < -0.3 is 15.4 Å². The molecular formula is C16H24N2O. The van der Waals surface area contributed by atoms with Gasteiger partial charge in [0.05, 0.1) is 18.8 Å². The molecule has 104 valence electrons. The Labute approximate surface area is 115 Å². The van der Waals surface area contributed by atoms with Crippen LogP contribution in [0.1, 0.15) is 36.8 Å². The molecule has 2 atom stereocenters. The van der Waals surface area contributed by atoms with Crippen molar-refractivity contribution in [2.45, 2.75) is 51.3 Å². The number of nitrogens with zero attached hydrogens (tertiary/aromatic N) is 1. The molecule has 2 unspecified atom stereocenters. The maximum atomic E-state index is 5.96. The molecule has 0 spiro atoms. The Morgan fingerprint density at radius 1 is 1.32 bits per heavy atom. The van der Waals surface area contributed by atoms with Crippen molar-refractivity contribution in [3.8, 4) is 0 Å². The Bertz CT molecular complexity index is 444. The number of fused-ring (bicyclic) bond motifs is 1. The molecule has 3 nitrogen and oxygen atoms in total. The summed E-state index contributed by atoms with van der Waals surface area (Å²) in [5, 5.41) is 0. The molecule has 3 rings (SSSR count). The highest BCUT2D eigenvalue weighted by Crippen LogP contribution is 2.33. The summed E-state index contributed by atoms with van der Waals surface area (Å²) in [4.78, 5) is 2.57. The number of hydrogen-bond donors (Lipinski definition) is 1. The van der Waals surface area contributed by atoms with Crippen LogP contribution in [0.2, 0.25) is 0 Å². The second-order valence-corrected chi connectivity index (χ2v) is 5.78. The van der Waals surface area contributed by atoms with Gasteiger partial charge >= 0.3 is 0 Å². The lowest BCUT2D eigenvalue weighted by Gasteiger charge is -2.45. The summed E-state index contributed by atoms with van der Waals surface area (Å²) >= 11 is 0. The van der Waals surface area contributed by atoms with E-state index in [1.54, 1.807) is 0 Å². The van der Waals surface area contributed by atoms with Gasteiger partial charge in [-0.25, -0.2) is 0 Å². The zero-order chi connectivity index (χ0) is 13.2. The van der Waals surface area contributed by atoms with E-state index in [-0.39, 0.29) is 0 Å². The van der Waals surface area contributed by atoms with Gasteiger partial charge in [-0.15, -0.1) is 0 Å². The van der Waals surface area contributed by atoms with Gasteiger partial charge in [0.15, 0.2) is 0 Å². The lowest BCUT2D eigenvalue weighted by Crippen LogP contribution is -2.53. The van der Waals surface area contributed by atoms with Gasteiger partial charge in [-0.05, 0) is 37.0 Å². The average molecular weight is 260 g/mol. The molecule has 1 aliphatic heterocycles. The normalized spacial score (nSPS) is 27.2. The molecule has 3 heteroatoms. The molecule has 1 saturated heterocycles. The van der Waals surface area contributed by atoms with E-state index in [4.69, 9.17) is 10.5 Å². The predicted octanol–water partition coefficient (Wildman–Crippen LogP) is 2.60. The third-order valence-electron chi connectivity index (χ3n) is 4.54. The summed E-state index contributed by atoms with van der Waals surface area (Å²) in [6, 6.07) is 7.21. The predicted molar refractivity (Wildman–Crippen MR) is 78.4 cm³/mol. The van der Waals surface area contributed by atoms with E-state index >= 15 is 0 Å². The van der Waals surface area contributed by atoms with Crippen LogP contribution in [0.5, 0.6) is 0 Å². The van der Waals surface area contributed by atoms with Gasteiger partial charge in [0.2, 0.25) is 0 Å². The van der Waals surface area contributed by atoms with Crippen LogP contribution < -0.4 is 10.6 Å². The number of morpholine rings is 1. The highest BCUT2D eigenvalue weighted by molar-refractivity contribution is 5.56. The molecular weight excluding hydrogens is 236 g/mol. The first-order valence-corrected chi connectivity index (χ1v) is 7.47. The first kappa shape index (κ1) is 12.9. The van der Waals surface area contributed by atoms with Crippen molar-refractivity contribution in [3.05, 3.63) is 29.3 Å². The smallest absolute Gasteiger partial charge is 0.0779 e. The monoisotopic (exact) mass is 260 g/mol. The Morgan fingerprint density at radius 3 is 2.95 bits per heavy atom. The van der Waals surface area contributed by atoms with Crippen molar-refractivity contribution in [1.29, 1.82) is 0 Å². The fraction of sp³-hybridized carbons (Fsp3) is 0.625. The van der Waals surface area contributed by atoms with Crippen LogP contribution >= 0.6 is 0 Å². The summed E-state index contributed by atoms with van der Waals surface area (Å²) in [5.41, 5.74) is 9.65. The van der Waals surface area contributed by atoms with Gasteiger partial charge in [0.25, 0.3) is 0 Å². The lowest BCUT2D eigenvalue weighted by atomic mass is 9.89. The van der Waals surface area contributed by atoms with Crippen LogP contribution in [0.15, 0.2) is 18.2 Å². The Balaban J connectivity index is 1.87. The van der Waals surface area contributed by atoms with Crippen LogP contribution in [-0.4, -0.2) is 25.3 Å². The second-order valence-electron chi connectivity index (χ2n) is 5.78. The SMILES string of the molecule is Cc1cc(CN)ccc1N1CCOC2CCCCC21. The van der Waals surface area contributed by atoms with Crippen molar-refractivity contribution in [1.82, 2.24) is 0 Å². The van der Waals surface area contributed by atoms with E-state index in [2.05, 4.69) is 30.0 Å². The van der Waals surface area contributed by atoms with E-state index in [1.165, 1.54) is 42.5 Å². The fourth-order valence-electron chi connectivity index (χ4n) is 3.56. The largest absolute Gasteiger partial charge is 0.374 e. The minimum Gasteiger partial charge on any atom is -0.374 e.